The predicted molar refractivity (Wildman–Crippen MR) is 138 cm³/mol. The lowest BCUT2D eigenvalue weighted by Crippen LogP contribution is -2.33. The normalized spacial score (nSPS) is 18.3. The summed E-state index contributed by atoms with van der Waals surface area (Å²) >= 11 is 6.08. The second-order valence-corrected chi connectivity index (χ2v) is 10.5. The van der Waals surface area contributed by atoms with E-state index in [4.69, 9.17) is 30.8 Å². The van der Waals surface area contributed by atoms with E-state index >= 15 is 0 Å². The summed E-state index contributed by atoms with van der Waals surface area (Å²) in [6, 6.07) is 13.0. The zero-order chi connectivity index (χ0) is 25.9. The number of hydrogen-bond donors (Lipinski definition) is 0. The molecular formula is C28H25ClN4O4. The highest BCUT2D eigenvalue weighted by Gasteiger charge is 2.44. The Bertz CT molecular complexity index is 1590. The number of ketones is 1. The van der Waals surface area contributed by atoms with Gasteiger partial charge in [0.15, 0.2) is 28.8 Å². The molecule has 8 nitrogen and oxygen atoms in total. The minimum Gasteiger partial charge on any atom is -0.493 e. The van der Waals surface area contributed by atoms with Crippen molar-refractivity contribution < 1.29 is 19.0 Å². The lowest BCUT2D eigenvalue weighted by molar-refractivity contribution is -0.118. The molecule has 0 radical (unpaired) electrons. The Morgan fingerprint density at radius 3 is 2.54 bits per heavy atom. The van der Waals surface area contributed by atoms with E-state index < -0.39 is 5.92 Å². The fourth-order valence-electron chi connectivity index (χ4n) is 5.23. The second-order valence-electron chi connectivity index (χ2n) is 10.1. The largest absolute Gasteiger partial charge is 0.493 e. The number of hydrogen-bond acceptors (Lipinski definition) is 7. The molecule has 1 aliphatic carbocycles. The number of methoxy groups -OCH3 is 2. The molecule has 188 valence electrons. The molecule has 0 saturated heterocycles. The maximum Gasteiger partial charge on any atom is 0.228 e. The molecule has 1 aliphatic heterocycles. The Morgan fingerprint density at radius 1 is 1.05 bits per heavy atom. The zero-order valence-corrected chi connectivity index (χ0v) is 21.7. The number of benzene rings is 2. The number of halogens is 1. The van der Waals surface area contributed by atoms with Crippen molar-refractivity contribution >= 4 is 23.0 Å². The van der Waals surface area contributed by atoms with Crippen LogP contribution in [-0.4, -0.2) is 39.6 Å². The second kappa shape index (κ2) is 8.59. The van der Waals surface area contributed by atoms with Crippen LogP contribution in [0, 0.1) is 5.41 Å². The van der Waals surface area contributed by atoms with Gasteiger partial charge in [0, 0.05) is 29.0 Å². The fraction of sp³-hybridized carbons (Fsp3) is 0.286. The first-order chi connectivity index (χ1) is 17.8. The van der Waals surface area contributed by atoms with Gasteiger partial charge < -0.3 is 14.2 Å². The molecule has 0 amide bonds. The van der Waals surface area contributed by atoms with E-state index in [9.17, 15) is 4.79 Å². The van der Waals surface area contributed by atoms with E-state index in [1.165, 1.54) is 0 Å². The first-order valence-corrected chi connectivity index (χ1v) is 12.3. The molecule has 0 bridgehead atoms. The highest BCUT2D eigenvalue weighted by molar-refractivity contribution is 6.30. The van der Waals surface area contributed by atoms with Gasteiger partial charge in [-0.1, -0.05) is 31.5 Å². The maximum atomic E-state index is 13.6. The number of aromatic nitrogens is 4. The minimum atomic E-state index is -0.458. The number of ether oxygens (including phenoxy) is 3. The third-order valence-corrected chi connectivity index (χ3v) is 7.16. The Morgan fingerprint density at radius 2 is 1.81 bits per heavy atom. The molecule has 1 atom stereocenters. The molecule has 6 rings (SSSR count). The molecule has 0 N–H and O–H groups in total. The standard InChI is InChI=1S/C28H25ClN4O4/c1-28(2)12-18(34)23-21(13-28)37-27-24(22(23)16-7-10-19(35-3)20(11-16)36-4)26-31-25(32-33(26)14-30-27)15-5-8-17(29)9-6-15/h5-11,14,22H,12-13H2,1-4H3/t22-/m0/s1. The SMILES string of the molecule is COc1ccc([C@H]2C3=C(CC(C)(C)CC3=O)Oc3ncn4nc(-c5ccc(Cl)cc5)nc4c32)cc1OC. The molecule has 0 unspecified atom stereocenters. The molecule has 2 aromatic carbocycles. The van der Waals surface area contributed by atoms with Crippen LogP contribution in [-0.2, 0) is 4.79 Å². The molecular weight excluding hydrogens is 492 g/mol. The van der Waals surface area contributed by atoms with Crippen LogP contribution in [0.4, 0.5) is 0 Å². The number of nitrogens with zero attached hydrogens (tertiary/aromatic N) is 4. The Labute approximate surface area is 218 Å². The summed E-state index contributed by atoms with van der Waals surface area (Å²) in [6.45, 7) is 4.15. The van der Waals surface area contributed by atoms with Crippen molar-refractivity contribution in [2.45, 2.75) is 32.6 Å². The van der Waals surface area contributed by atoms with Crippen molar-refractivity contribution in [3.05, 3.63) is 76.3 Å². The molecule has 2 aromatic heterocycles. The van der Waals surface area contributed by atoms with Crippen LogP contribution in [0.1, 0.15) is 43.7 Å². The average Bonchev–Trinajstić information content (AvgIpc) is 3.31. The summed E-state index contributed by atoms with van der Waals surface area (Å²) in [5.41, 5.74) is 3.35. The number of carbonyl (C=O) groups excluding carboxylic acids is 1. The quantitative estimate of drug-likeness (QED) is 0.347. The van der Waals surface area contributed by atoms with Crippen molar-refractivity contribution in [3.8, 4) is 28.8 Å². The van der Waals surface area contributed by atoms with E-state index in [1.54, 1.807) is 37.2 Å². The van der Waals surface area contributed by atoms with Crippen LogP contribution in [0.25, 0.3) is 17.0 Å². The van der Waals surface area contributed by atoms with Gasteiger partial charge in [-0.3, -0.25) is 4.79 Å². The van der Waals surface area contributed by atoms with Crippen molar-refractivity contribution in [3.63, 3.8) is 0 Å². The zero-order valence-electron chi connectivity index (χ0n) is 20.9. The first-order valence-electron chi connectivity index (χ1n) is 12.0. The number of carbonyl (C=O) groups is 1. The monoisotopic (exact) mass is 516 g/mol. The van der Waals surface area contributed by atoms with Crippen LogP contribution >= 0.6 is 11.6 Å². The summed E-state index contributed by atoms with van der Waals surface area (Å²) in [4.78, 5) is 23.1. The molecule has 37 heavy (non-hydrogen) atoms. The maximum absolute atomic E-state index is 13.6. The highest BCUT2D eigenvalue weighted by atomic mass is 35.5. The third kappa shape index (κ3) is 3.92. The van der Waals surface area contributed by atoms with Gasteiger partial charge in [-0.2, -0.15) is 0 Å². The summed E-state index contributed by atoms with van der Waals surface area (Å²) in [7, 11) is 3.19. The van der Waals surface area contributed by atoms with Gasteiger partial charge in [0.25, 0.3) is 0 Å². The number of Topliss-reactive ketones (excluding diaryl/α,β-unsaturated/α-hetero) is 1. The lowest BCUT2D eigenvalue weighted by atomic mass is 9.70. The average molecular weight is 517 g/mol. The van der Waals surface area contributed by atoms with Crippen LogP contribution < -0.4 is 14.2 Å². The summed E-state index contributed by atoms with van der Waals surface area (Å²) in [5, 5.41) is 5.29. The molecule has 9 heteroatoms. The minimum absolute atomic E-state index is 0.0520. The third-order valence-electron chi connectivity index (χ3n) is 6.91. The first kappa shape index (κ1) is 23.5. The van der Waals surface area contributed by atoms with Crippen LogP contribution in [0.2, 0.25) is 5.02 Å². The number of rotatable bonds is 4. The van der Waals surface area contributed by atoms with Gasteiger partial charge in [-0.05, 0) is 47.4 Å². The molecule has 3 heterocycles. The molecule has 4 aromatic rings. The van der Waals surface area contributed by atoms with Crippen LogP contribution in [0.3, 0.4) is 0 Å². The molecule has 0 saturated carbocycles. The molecule has 0 fully saturated rings. The number of allylic oxidation sites excluding steroid dienone is 2. The van der Waals surface area contributed by atoms with E-state index in [-0.39, 0.29) is 11.2 Å². The van der Waals surface area contributed by atoms with E-state index in [2.05, 4.69) is 23.9 Å². The Kier molecular flexibility index (Phi) is 5.45. The Balaban J connectivity index is 1.60. The van der Waals surface area contributed by atoms with Crippen molar-refractivity contribution in [1.82, 2.24) is 19.6 Å². The molecule has 2 aliphatic rings. The number of fused-ring (bicyclic) bond motifs is 3. The van der Waals surface area contributed by atoms with Gasteiger partial charge in [-0.15, -0.1) is 5.10 Å². The van der Waals surface area contributed by atoms with E-state index in [0.717, 1.165) is 11.1 Å². The Hall–Kier alpha value is -3.91. The van der Waals surface area contributed by atoms with Crippen molar-refractivity contribution in [1.29, 1.82) is 0 Å². The topological polar surface area (TPSA) is 87.8 Å². The van der Waals surface area contributed by atoms with Gasteiger partial charge in [-0.25, -0.2) is 14.5 Å². The van der Waals surface area contributed by atoms with E-state index in [1.807, 2.05) is 30.3 Å². The summed E-state index contributed by atoms with van der Waals surface area (Å²) in [6.07, 6.45) is 2.65. The van der Waals surface area contributed by atoms with E-state index in [0.29, 0.717) is 63.6 Å². The van der Waals surface area contributed by atoms with Crippen molar-refractivity contribution in [2.75, 3.05) is 14.2 Å². The van der Waals surface area contributed by atoms with Gasteiger partial charge in [0.05, 0.1) is 25.7 Å². The highest BCUT2D eigenvalue weighted by Crippen LogP contribution is 2.51. The van der Waals surface area contributed by atoms with Crippen molar-refractivity contribution in [2.24, 2.45) is 5.41 Å². The molecule has 0 spiro atoms. The smallest absolute Gasteiger partial charge is 0.228 e. The summed E-state index contributed by atoms with van der Waals surface area (Å²) in [5.74, 6) is 2.37. The van der Waals surface area contributed by atoms with Crippen LogP contribution in [0.15, 0.2) is 60.1 Å². The van der Waals surface area contributed by atoms with Gasteiger partial charge in [0.1, 0.15) is 12.1 Å². The van der Waals surface area contributed by atoms with Crippen LogP contribution in [0.5, 0.6) is 17.4 Å². The van der Waals surface area contributed by atoms with Gasteiger partial charge in [0.2, 0.25) is 5.88 Å². The van der Waals surface area contributed by atoms with Gasteiger partial charge >= 0.3 is 0 Å². The fourth-order valence-corrected chi connectivity index (χ4v) is 5.36. The predicted octanol–water partition coefficient (Wildman–Crippen LogP) is 5.63. The summed E-state index contributed by atoms with van der Waals surface area (Å²) < 4.78 is 19.0. The lowest BCUT2D eigenvalue weighted by Gasteiger charge is -2.37.